The Morgan fingerprint density at radius 2 is 2.17 bits per heavy atom. The average Bonchev–Trinajstić information content (AvgIpc) is 2.78. The lowest BCUT2D eigenvalue weighted by atomic mass is 10.0. The highest BCUT2D eigenvalue weighted by molar-refractivity contribution is 5.55. The van der Waals surface area contributed by atoms with E-state index in [4.69, 9.17) is 5.73 Å². The van der Waals surface area contributed by atoms with Gasteiger partial charge in [-0.2, -0.15) is 0 Å². The topological polar surface area (TPSA) is 49.5 Å². The summed E-state index contributed by atoms with van der Waals surface area (Å²) in [6.07, 6.45) is 0.669. The maximum absolute atomic E-state index is 13.3. The van der Waals surface area contributed by atoms with Gasteiger partial charge in [0.05, 0.1) is 6.10 Å². The minimum Gasteiger partial charge on any atom is -0.393 e. The molecule has 1 aromatic carbocycles. The molecule has 2 rings (SSSR count). The number of nitrogens with zero attached hydrogens (tertiary/aromatic N) is 1. The zero-order valence-electron chi connectivity index (χ0n) is 10.9. The number of benzene rings is 1. The van der Waals surface area contributed by atoms with Gasteiger partial charge < -0.3 is 15.7 Å². The molecule has 3 atom stereocenters. The number of hydrogen-bond donors (Lipinski definition) is 2. The maximum atomic E-state index is 13.3. The third kappa shape index (κ3) is 2.65. The maximum Gasteiger partial charge on any atom is 0.123 e. The molecule has 0 saturated carbocycles. The highest BCUT2D eigenvalue weighted by atomic mass is 19.1. The fourth-order valence-corrected chi connectivity index (χ4v) is 2.58. The molecule has 2 unspecified atom stereocenters. The molecule has 0 bridgehead atoms. The molecule has 0 spiro atoms. The summed E-state index contributed by atoms with van der Waals surface area (Å²) in [6.45, 7) is 5.38. The molecule has 1 aliphatic rings. The first-order valence-electron chi connectivity index (χ1n) is 6.47. The standard InChI is InChI=1S/C14H21FN2O/c1-9(16)13-7-12(15)3-4-14(13)17-6-5-11(8-17)10(2)18/h3-4,7,9-11,18H,5-6,8,16H2,1-2H3/t9-,10?,11?/m0/s1. The van der Waals surface area contributed by atoms with Gasteiger partial charge in [0, 0.05) is 30.7 Å². The van der Waals surface area contributed by atoms with Gasteiger partial charge in [-0.1, -0.05) is 0 Å². The Morgan fingerprint density at radius 3 is 2.72 bits per heavy atom. The number of nitrogens with two attached hydrogens (primary N) is 1. The quantitative estimate of drug-likeness (QED) is 0.865. The summed E-state index contributed by atoms with van der Waals surface area (Å²) in [5.41, 5.74) is 7.73. The SMILES string of the molecule is CC(O)C1CCN(c2ccc(F)cc2[C@H](C)N)C1. The highest BCUT2D eigenvalue weighted by Gasteiger charge is 2.27. The Kier molecular flexibility index (Phi) is 3.88. The largest absolute Gasteiger partial charge is 0.393 e. The van der Waals surface area contributed by atoms with Crippen molar-refractivity contribution in [3.05, 3.63) is 29.6 Å². The molecule has 1 saturated heterocycles. The summed E-state index contributed by atoms with van der Waals surface area (Å²) in [7, 11) is 0. The first kappa shape index (κ1) is 13.3. The molecule has 1 heterocycles. The normalized spacial score (nSPS) is 23.2. The second-order valence-corrected chi connectivity index (χ2v) is 5.23. The van der Waals surface area contributed by atoms with Crippen molar-refractivity contribution in [3.63, 3.8) is 0 Å². The predicted molar refractivity (Wildman–Crippen MR) is 71.0 cm³/mol. The molecule has 4 heteroatoms. The van der Waals surface area contributed by atoms with Crippen molar-refractivity contribution in [1.29, 1.82) is 0 Å². The summed E-state index contributed by atoms with van der Waals surface area (Å²) in [5.74, 6) is 0.0355. The molecule has 3 nitrogen and oxygen atoms in total. The zero-order valence-corrected chi connectivity index (χ0v) is 10.9. The molecule has 100 valence electrons. The number of halogens is 1. The van der Waals surface area contributed by atoms with Crippen LogP contribution in [0.1, 0.15) is 31.9 Å². The molecule has 0 radical (unpaired) electrons. The van der Waals surface area contributed by atoms with Crippen molar-refractivity contribution in [1.82, 2.24) is 0 Å². The van der Waals surface area contributed by atoms with Crippen LogP contribution >= 0.6 is 0 Å². The van der Waals surface area contributed by atoms with E-state index >= 15 is 0 Å². The third-order valence-electron chi connectivity index (χ3n) is 3.73. The van der Waals surface area contributed by atoms with Gasteiger partial charge in [-0.3, -0.25) is 0 Å². The summed E-state index contributed by atoms with van der Waals surface area (Å²) in [6, 6.07) is 4.58. The van der Waals surface area contributed by atoms with Gasteiger partial charge in [0.1, 0.15) is 5.82 Å². The lowest BCUT2D eigenvalue weighted by Gasteiger charge is -2.24. The van der Waals surface area contributed by atoms with Crippen molar-refractivity contribution >= 4 is 5.69 Å². The van der Waals surface area contributed by atoms with Gasteiger partial charge in [-0.15, -0.1) is 0 Å². The van der Waals surface area contributed by atoms with E-state index in [1.54, 1.807) is 6.07 Å². The molecule has 1 aliphatic heterocycles. The van der Waals surface area contributed by atoms with Crippen molar-refractivity contribution in [3.8, 4) is 0 Å². The number of anilines is 1. The van der Waals surface area contributed by atoms with Crippen LogP contribution in [0.2, 0.25) is 0 Å². The fraction of sp³-hybridized carbons (Fsp3) is 0.571. The van der Waals surface area contributed by atoms with Crippen LogP contribution in [0.25, 0.3) is 0 Å². The van der Waals surface area contributed by atoms with Gasteiger partial charge in [0.15, 0.2) is 0 Å². The number of aliphatic hydroxyl groups is 1. The lowest BCUT2D eigenvalue weighted by Crippen LogP contribution is -2.25. The molecular weight excluding hydrogens is 231 g/mol. The summed E-state index contributed by atoms with van der Waals surface area (Å²) in [4.78, 5) is 2.19. The minimum absolute atomic E-state index is 0.193. The number of aliphatic hydroxyl groups excluding tert-OH is 1. The van der Waals surface area contributed by atoms with E-state index in [2.05, 4.69) is 4.90 Å². The van der Waals surface area contributed by atoms with Crippen LogP contribution in [-0.4, -0.2) is 24.3 Å². The number of rotatable bonds is 3. The summed E-state index contributed by atoms with van der Waals surface area (Å²) < 4.78 is 13.3. The molecule has 0 aliphatic carbocycles. The summed E-state index contributed by atoms with van der Waals surface area (Å²) in [5, 5.41) is 9.63. The molecule has 1 aromatic rings. The van der Waals surface area contributed by atoms with E-state index in [0.29, 0.717) is 0 Å². The lowest BCUT2D eigenvalue weighted by molar-refractivity contribution is 0.136. The van der Waals surface area contributed by atoms with Crippen LogP contribution in [0.4, 0.5) is 10.1 Å². The smallest absolute Gasteiger partial charge is 0.123 e. The minimum atomic E-state index is -0.297. The summed E-state index contributed by atoms with van der Waals surface area (Å²) >= 11 is 0. The molecule has 0 amide bonds. The third-order valence-corrected chi connectivity index (χ3v) is 3.73. The fourth-order valence-electron chi connectivity index (χ4n) is 2.58. The first-order valence-corrected chi connectivity index (χ1v) is 6.47. The van der Waals surface area contributed by atoms with E-state index in [0.717, 1.165) is 30.8 Å². The molecule has 18 heavy (non-hydrogen) atoms. The van der Waals surface area contributed by atoms with E-state index in [9.17, 15) is 9.50 Å². The van der Waals surface area contributed by atoms with Crippen LogP contribution in [-0.2, 0) is 0 Å². The Bertz CT molecular complexity index is 420. The van der Waals surface area contributed by atoms with Crippen molar-refractivity contribution in [2.75, 3.05) is 18.0 Å². The number of hydrogen-bond acceptors (Lipinski definition) is 3. The van der Waals surface area contributed by atoms with Crippen LogP contribution in [0.3, 0.4) is 0 Å². The van der Waals surface area contributed by atoms with Gasteiger partial charge in [-0.25, -0.2) is 4.39 Å². The molecule has 1 fully saturated rings. The Balaban J connectivity index is 2.24. The van der Waals surface area contributed by atoms with E-state index in [-0.39, 0.29) is 23.9 Å². The predicted octanol–water partition coefficient (Wildman–Crippen LogP) is 2.05. The van der Waals surface area contributed by atoms with E-state index < -0.39 is 0 Å². The van der Waals surface area contributed by atoms with Gasteiger partial charge in [0.2, 0.25) is 0 Å². The monoisotopic (exact) mass is 252 g/mol. The van der Waals surface area contributed by atoms with Crippen LogP contribution in [0.15, 0.2) is 18.2 Å². The Labute approximate surface area is 107 Å². The van der Waals surface area contributed by atoms with Crippen LogP contribution in [0, 0.1) is 11.7 Å². The zero-order chi connectivity index (χ0) is 13.3. The Hall–Kier alpha value is -1.13. The van der Waals surface area contributed by atoms with Crippen molar-refractivity contribution in [2.24, 2.45) is 11.7 Å². The van der Waals surface area contributed by atoms with Crippen LogP contribution in [0.5, 0.6) is 0 Å². The van der Waals surface area contributed by atoms with Crippen molar-refractivity contribution in [2.45, 2.75) is 32.4 Å². The van der Waals surface area contributed by atoms with Gasteiger partial charge in [0.25, 0.3) is 0 Å². The highest BCUT2D eigenvalue weighted by Crippen LogP contribution is 2.31. The van der Waals surface area contributed by atoms with Crippen LogP contribution < -0.4 is 10.6 Å². The van der Waals surface area contributed by atoms with Crippen molar-refractivity contribution < 1.29 is 9.50 Å². The first-order chi connectivity index (χ1) is 8.49. The van der Waals surface area contributed by atoms with E-state index in [1.165, 1.54) is 12.1 Å². The van der Waals surface area contributed by atoms with Gasteiger partial charge >= 0.3 is 0 Å². The van der Waals surface area contributed by atoms with E-state index in [1.807, 2.05) is 13.8 Å². The second kappa shape index (κ2) is 5.24. The Morgan fingerprint density at radius 1 is 1.44 bits per heavy atom. The molecular formula is C14H21FN2O. The van der Waals surface area contributed by atoms with Gasteiger partial charge in [-0.05, 0) is 44.0 Å². The second-order valence-electron chi connectivity index (χ2n) is 5.23. The molecule has 0 aromatic heterocycles. The molecule has 3 N–H and O–H groups in total. The average molecular weight is 252 g/mol.